The number of aliphatic hydroxyl groups is 1. The fourth-order valence-electron chi connectivity index (χ4n) is 0.846. The molecule has 1 aromatic carbocycles. The number of thiol groups is 1. The second-order valence-corrected chi connectivity index (χ2v) is 3.05. The average molecular weight is 208 g/mol. The van der Waals surface area contributed by atoms with Gasteiger partial charge in [0.25, 0.3) is 0 Å². The molecule has 1 atom stereocenters. The highest BCUT2D eigenvalue weighted by Gasteiger charge is 2.39. The molecule has 0 saturated heterocycles. The molecule has 0 aliphatic heterocycles. The Morgan fingerprint density at radius 3 is 2.00 bits per heavy atom. The zero-order valence-electron chi connectivity index (χ0n) is 6.42. The van der Waals surface area contributed by atoms with Gasteiger partial charge in [-0.3, -0.25) is 0 Å². The van der Waals surface area contributed by atoms with Gasteiger partial charge >= 0.3 is 6.18 Å². The Bertz CT molecular complexity index is 280. The molecule has 1 rings (SSSR count). The van der Waals surface area contributed by atoms with E-state index in [-0.39, 0.29) is 5.56 Å². The van der Waals surface area contributed by atoms with Gasteiger partial charge in [-0.05, 0) is 17.7 Å². The molecule has 0 aliphatic carbocycles. The lowest BCUT2D eigenvalue weighted by atomic mass is 10.1. The first kappa shape index (κ1) is 10.4. The molecular formula is C8H7F3OS. The molecule has 5 heteroatoms. The summed E-state index contributed by atoms with van der Waals surface area (Å²) in [6.45, 7) is 0. The van der Waals surface area contributed by atoms with Gasteiger partial charge in [0.1, 0.15) is 0 Å². The predicted molar refractivity (Wildman–Crippen MR) is 44.7 cm³/mol. The Morgan fingerprint density at radius 2 is 1.62 bits per heavy atom. The van der Waals surface area contributed by atoms with Crippen LogP contribution in [0.1, 0.15) is 11.7 Å². The van der Waals surface area contributed by atoms with Crippen molar-refractivity contribution >= 4 is 12.6 Å². The number of alkyl halides is 3. The highest BCUT2D eigenvalue weighted by molar-refractivity contribution is 7.80. The van der Waals surface area contributed by atoms with Crippen molar-refractivity contribution in [1.82, 2.24) is 0 Å². The Labute approximate surface area is 78.6 Å². The number of rotatable bonds is 1. The van der Waals surface area contributed by atoms with Crippen LogP contribution in [0.4, 0.5) is 13.2 Å². The van der Waals surface area contributed by atoms with Crippen LogP contribution in [0.2, 0.25) is 0 Å². The number of halogens is 3. The summed E-state index contributed by atoms with van der Waals surface area (Å²) in [4.78, 5) is 0.554. The van der Waals surface area contributed by atoms with E-state index in [0.29, 0.717) is 4.90 Å². The molecule has 0 radical (unpaired) electrons. The SMILES string of the molecule is OC(c1ccc(S)cc1)C(F)(F)F. The Hall–Kier alpha value is -0.680. The lowest BCUT2D eigenvalue weighted by molar-refractivity contribution is -0.206. The maximum absolute atomic E-state index is 12.0. The first-order valence-corrected chi connectivity index (χ1v) is 3.89. The van der Waals surface area contributed by atoms with E-state index in [1.165, 1.54) is 24.3 Å². The fraction of sp³-hybridized carbons (Fsp3) is 0.250. The average Bonchev–Trinajstić information content (AvgIpc) is 2.03. The molecule has 1 N–H and O–H groups in total. The van der Waals surface area contributed by atoms with Gasteiger partial charge in [0.15, 0.2) is 6.10 Å². The summed E-state index contributed by atoms with van der Waals surface area (Å²) in [6.07, 6.45) is -7.03. The van der Waals surface area contributed by atoms with Crippen LogP contribution in [0, 0.1) is 0 Å². The van der Waals surface area contributed by atoms with Gasteiger partial charge in [-0.25, -0.2) is 0 Å². The highest BCUT2D eigenvalue weighted by atomic mass is 32.1. The van der Waals surface area contributed by atoms with Gasteiger partial charge in [0, 0.05) is 4.90 Å². The van der Waals surface area contributed by atoms with Crippen molar-refractivity contribution in [3.05, 3.63) is 29.8 Å². The topological polar surface area (TPSA) is 20.2 Å². The lowest BCUT2D eigenvalue weighted by Crippen LogP contribution is -2.19. The number of hydrogen-bond donors (Lipinski definition) is 2. The van der Waals surface area contributed by atoms with E-state index >= 15 is 0 Å². The summed E-state index contributed by atoms with van der Waals surface area (Å²) in [5, 5.41) is 8.80. The second-order valence-electron chi connectivity index (χ2n) is 2.54. The Balaban J connectivity index is 2.90. The van der Waals surface area contributed by atoms with Gasteiger partial charge < -0.3 is 5.11 Å². The molecule has 72 valence electrons. The zero-order valence-corrected chi connectivity index (χ0v) is 7.31. The minimum atomic E-state index is -4.61. The normalized spacial score (nSPS) is 14.2. The minimum absolute atomic E-state index is 0.176. The molecule has 0 spiro atoms. The second kappa shape index (κ2) is 3.59. The smallest absolute Gasteiger partial charge is 0.379 e. The predicted octanol–water partition coefficient (Wildman–Crippen LogP) is 2.57. The van der Waals surface area contributed by atoms with Crippen LogP contribution in [-0.2, 0) is 0 Å². The maximum Gasteiger partial charge on any atom is 0.418 e. The number of aliphatic hydroxyl groups excluding tert-OH is 1. The summed E-state index contributed by atoms with van der Waals surface area (Å²) >= 11 is 3.91. The van der Waals surface area contributed by atoms with Gasteiger partial charge in [-0.2, -0.15) is 13.2 Å². The molecule has 0 heterocycles. The third-order valence-corrected chi connectivity index (χ3v) is 1.82. The van der Waals surface area contributed by atoms with E-state index in [2.05, 4.69) is 12.6 Å². The van der Waals surface area contributed by atoms with Crippen LogP contribution in [0.3, 0.4) is 0 Å². The standard InChI is InChI=1S/C8H7F3OS/c9-8(10,11)7(12)5-1-3-6(13)4-2-5/h1-4,7,12-13H. The van der Waals surface area contributed by atoms with Crippen LogP contribution in [-0.4, -0.2) is 11.3 Å². The monoisotopic (exact) mass is 208 g/mol. The van der Waals surface area contributed by atoms with E-state index in [1.807, 2.05) is 0 Å². The maximum atomic E-state index is 12.0. The molecule has 1 nitrogen and oxygen atoms in total. The van der Waals surface area contributed by atoms with Gasteiger partial charge in [-0.1, -0.05) is 12.1 Å². The largest absolute Gasteiger partial charge is 0.418 e. The van der Waals surface area contributed by atoms with Crippen molar-refractivity contribution in [2.45, 2.75) is 17.2 Å². The molecule has 1 aromatic rings. The van der Waals surface area contributed by atoms with E-state index in [1.54, 1.807) is 0 Å². The van der Waals surface area contributed by atoms with Crippen molar-refractivity contribution in [2.75, 3.05) is 0 Å². The van der Waals surface area contributed by atoms with Crippen LogP contribution < -0.4 is 0 Å². The highest BCUT2D eigenvalue weighted by Crippen LogP contribution is 2.32. The summed E-state index contributed by atoms with van der Waals surface area (Å²) in [5.74, 6) is 0. The Morgan fingerprint density at radius 1 is 1.15 bits per heavy atom. The summed E-state index contributed by atoms with van der Waals surface area (Å²) < 4.78 is 35.9. The van der Waals surface area contributed by atoms with E-state index in [0.717, 1.165) is 0 Å². The van der Waals surface area contributed by atoms with Crippen LogP contribution in [0.25, 0.3) is 0 Å². The molecule has 0 aliphatic rings. The van der Waals surface area contributed by atoms with E-state index in [4.69, 9.17) is 5.11 Å². The number of benzene rings is 1. The molecule has 13 heavy (non-hydrogen) atoms. The van der Waals surface area contributed by atoms with E-state index in [9.17, 15) is 13.2 Å². The van der Waals surface area contributed by atoms with Crippen molar-refractivity contribution in [2.24, 2.45) is 0 Å². The van der Waals surface area contributed by atoms with Gasteiger partial charge in [-0.15, -0.1) is 12.6 Å². The van der Waals surface area contributed by atoms with Crippen molar-refractivity contribution < 1.29 is 18.3 Å². The Kier molecular flexibility index (Phi) is 2.87. The third-order valence-electron chi connectivity index (χ3n) is 1.52. The molecule has 0 fully saturated rings. The zero-order chi connectivity index (χ0) is 10.1. The summed E-state index contributed by atoms with van der Waals surface area (Å²) in [5.41, 5.74) is -0.176. The van der Waals surface area contributed by atoms with Crippen molar-refractivity contribution in [3.8, 4) is 0 Å². The quantitative estimate of drug-likeness (QED) is 0.679. The third kappa shape index (κ3) is 2.63. The minimum Gasteiger partial charge on any atom is -0.379 e. The van der Waals surface area contributed by atoms with Gasteiger partial charge in [0.05, 0.1) is 0 Å². The van der Waals surface area contributed by atoms with Crippen LogP contribution >= 0.6 is 12.6 Å². The molecule has 0 aromatic heterocycles. The van der Waals surface area contributed by atoms with Crippen molar-refractivity contribution in [1.29, 1.82) is 0 Å². The van der Waals surface area contributed by atoms with Crippen molar-refractivity contribution in [3.63, 3.8) is 0 Å². The van der Waals surface area contributed by atoms with Crippen LogP contribution in [0.5, 0.6) is 0 Å². The van der Waals surface area contributed by atoms with Crippen LogP contribution in [0.15, 0.2) is 29.2 Å². The molecule has 1 unspecified atom stereocenters. The summed E-state index contributed by atoms with van der Waals surface area (Å²) in [7, 11) is 0. The lowest BCUT2D eigenvalue weighted by Gasteiger charge is -2.14. The van der Waals surface area contributed by atoms with Gasteiger partial charge in [0.2, 0.25) is 0 Å². The number of hydrogen-bond acceptors (Lipinski definition) is 2. The van der Waals surface area contributed by atoms with E-state index < -0.39 is 12.3 Å². The fourth-order valence-corrected chi connectivity index (χ4v) is 0.995. The first-order valence-electron chi connectivity index (χ1n) is 3.45. The molecule has 0 amide bonds. The summed E-state index contributed by atoms with van der Waals surface area (Å²) in [6, 6.07) is 5.18. The molecule has 0 saturated carbocycles. The molecule has 0 bridgehead atoms. The first-order chi connectivity index (χ1) is 5.91. The molecular weight excluding hydrogens is 201 g/mol.